The van der Waals surface area contributed by atoms with Crippen LogP contribution in [0.5, 0.6) is 0 Å². The molecule has 0 aromatic heterocycles. The highest BCUT2D eigenvalue weighted by Crippen LogP contribution is 2.13. The van der Waals surface area contributed by atoms with E-state index in [9.17, 15) is 10.2 Å². The first kappa shape index (κ1) is 16.4. The quantitative estimate of drug-likeness (QED) is 0.458. The van der Waals surface area contributed by atoms with Gasteiger partial charge in [-0.15, -0.1) is 0 Å². The number of aliphatic hydroxyl groups is 4. The Kier molecular flexibility index (Phi) is 6.10. The van der Waals surface area contributed by atoms with E-state index in [4.69, 9.17) is 10.2 Å². The predicted molar refractivity (Wildman–Crippen MR) is 78.6 cm³/mol. The minimum atomic E-state index is -0.585. The first-order chi connectivity index (χ1) is 10.1. The van der Waals surface area contributed by atoms with Crippen molar-refractivity contribution in [3.05, 3.63) is 35.9 Å². The minimum absolute atomic E-state index is 0.529. The number of likely N-dealkylation sites (tertiary alicyclic amines) is 1. The maximum atomic E-state index is 9.35. The van der Waals surface area contributed by atoms with Gasteiger partial charge in [-0.3, -0.25) is 4.90 Å². The van der Waals surface area contributed by atoms with E-state index in [0.717, 1.165) is 6.54 Å². The Labute approximate surface area is 124 Å². The molecule has 0 saturated carbocycles. The Bertz CT molecular complexity index is 399. The van der Waals surface area contributed by atoms with Crippen molar-refractivity contribution in [1.29, 1.82) is 0 Å². The van der Waals surface area contributed by atoms with E-state index in [1.54, 1.807) is 0 Å². The maximum Gasteiger partial charge on any atom is 0.0938 e. The van der Waals surface area contributed by atoms with Crippen molar-refractivity contribution < 1.29 is 20.4 Å². The summed E-state index contributed by atoms with van der Waals surface area (Å²) >= 11 is 0. The van der Waals surface area contributed by atoms with Gasteiger partial charge in [0.05, 0.1) is 24.4 Å². The molecule has 2 heterocycles. The molecule has 4 atom stereocenters. The molecule has 2 fully saturated rings. The van der Waals surface area contributed by atoms with E-state index < -0.39 is 24.4 Å². The van der Waals surface area contributed by atoms with Gasteiger partial charge in [-0.2, -0.15) is 0 Å². The second-order valence-electron chi connectivity index (χ2n) is 5.61. The van der Waals surface area contributed by atoms with Gasteiger partial charge in [0.15, 0.2) is 0 Å². The molecular weight excluding hydrogens is 272 g/mol. The van der Waals surface area contributed by atoms with Crippen LogP contribution < -0.4 is 5.32 Å². The fourth-order valence-electron chi connectivity index (χ4n) is 2.47. The molecule has 0 bridgehead atoms. The van der Waals surface area contributed by atoms with Crippen LogP contribution in [0.1, 0.15) is 5.56 Å². The molecule has 2 aliphatic rings. The molecule has 6 heteroatoms. The number of nitrogens with one attached hydrogen (secondary N) is 1. The number of nitrogens with zero attached hydrogens (tertiary/aromatic N) is 1. The maximum absolute atomic E-state index is 9.35. The Morgan fingerprint density at radius 2 is 1.38 bits per heavy atom. The monoisotopic (exact) mass is 296 g/mol. The fraction of sp³-hybridized carbons (Fsp3) is 0.600. The average molecular weight is 296 g/mol. The van der Waals surface area contributed by atoms with Crippen molar-refractivity contribution in [2.75, 3.05) is 26.2 Å². The molecule has 21 heavy (non-hydrogen) atoms. The third-order valence-corrected chi connectivity index (χ3v) is 3.73. The number of hydrogen-bond acceptors (Lipinski definition) is 6. The van der Waals surface area contributed by atoms with E-state index >= 15 is 0 Å². The lowest BCUT2D eigenvalue weighted by Gasteiger charge is -2.14. The zero-order valence-corrected chi connectivity index (χ0v) is 12.0. The van der Waals surface area contributed by atoms with E-state index in [0.29, 0.717) is 26.2 Å². The highest BCUT2D eigenvalue weighted by molar-refractivity contribution is 5.14. The number of β-amino-alcohol motifs (C(OH)–C–C–N with tert-alkyl or cyclic N) is 4. The largest absolute Gasteiger partial charge is 0.389 e. The Morgan fingerprint density at radius 3 is 1.81 bits per heavy atom. The molecule has 0 unspecified atom stereocenters. The van der Waals surface area contributed by atoms with Crippen LogP contribution in [0.4, 0.5) is 0 Å². The van der Waals surface area contributed by atoms with E-state index in [-0.39, 0.29) is 0 Å². The standard InChI is InChI=1S/C11H15NO2.C4H9NO2/c13-10-7-12(8-11(10)14)6-9-4-2-1-3-5-9;6-3-1-5-2-4(3)7/h1-5,10-11,13-14H,6-8H2;3-7H,1-2H2/t10-,11-;3-,4-/m11/s1. The van der Waals surface area contributed by atoms with Crippen molar-refractivity contribution in [2.45, 2.75) is 31.0 Å². The van der Waals surface area contributed by atoms with E-state index in [1.807, 2.05) is 18.2 Å². The minimum Gasteiger partial charge on any atom is -0.389 e. The molecule has 0 spiro atoms. The molecule has 0 radical (unpaired) electrons. The van der Waals surface area contributed by atoms with Gasteiger partial charge >= 0.3 is 0 Å². The number of hydrogen-bond donors (Lipinski definition) is 5. The van der Waals surface area contributed by atoms with Crippen LogP contribution >= 0.6 is 0 Å². The van der Waals surface area contributed by atoms with Crippen LogP contribution in [-0.2, 0) is 6.54 Å². The molecule has 0 aliphatic carbocycles. The van der Waals surface area contributed by atoms with Crippen molar-refractivity contribution in [3.8, 4) is 0 Å². The smallest absolute Gasteiger partial charge is 0.0938 e. The van der Waals surface area contributed by atoms with Crippen LogP contribution in [0.2, 0.25) is 0 Å². The molecule has 118 valence electrons. The van der Waals surface area contributed by atoms with Crippen LogP contribution in [0, 0.1) is 0 Å². The zero-order valence-electron chi connectivity index (χ0n) is 12.0. The molecule has 5 N–H and O–H groups in total. The zero-order chi connectivity index (χ0) is 15.2. The van der Waals surface area contributed by atoms with Crippen LogP contribution in [0.25, 0.3) is 0 Å². The summed E-state index contributed by atoms with van der Waals surface area (Å²) in [5.41, 5.74) is 1.22. The highest BCUT2D eigenvalue weighted by atomic mass is 16.3. The summed E-state index contributed by atoms with van der Waals surface area (Å²) in [4.78, 5) is 2.06. The van der Waals surface area contributed by atoms with Gasteiger partial charge in [0.25, 0.3) is 0 Å². The SMILES string of the molecule is O[C@@H]1CN(Cc2ccccc2)C[C@H]1O.O[C@@H]1CNC[C@H]1O. The van der Waals surface area contributed by atoms with Crippen LogP contribution in [-0.4, -0.2) is 75.9 Å². The second kappa shape index (κ2) is 7.84. The van der Waals surface area contributed by atoms with Gasteiger partial charge in [-0.05, 0) is 5.56 Å². The fourth-order valence-corrected chi connectivity index (χ4v) is 2.47. The predicted octanol–water partition coefficient (Wildman–Crippen LogP) is -1.46. The first-order valence-electron chi connectivity index (χ1n) is 7.25. The molecular formula is C15H24N2O4. The topological polar surface area (TPSA) is 96.2 Å². The number of aliphatic hydroxyl groups excluding tert-OH is 4. The molecule has 1 aromatic carbocycles. The van der Waals surface area contributed by atoms with E-state index in [1.165, 1.54) is 5.56 Å². The molecule has 3 rings (SSSR count). The molecule has 1 aromatic rings. The van der Waals surface area contributed by atoms with Gasteiger partial charge in [0, 0.05) is 32.7 Å². The van der Waals surface area contributed by atoms with Gasteiger partial charge in [-0.25, -0.2) is 0 Å². The summed E-state index contributed by atoms with van der Waals surface area (Å²) < 4.78 is 0. The third kappa shape index (κ3) is 5.03. The van der Waals surface area contributed by atoms with Gasteiger partial charge in [-0.1, -0.05) is 30.3 Å². The summed E-state index contributed by atoms with van der Waals surface area (Å²) in [6.07, 6.45) is -2.25. The third-order valence-electron chi connectivity index (χ3n) is 3.73. The number of benzene rings is 1. The molecule has 2 saturated heterocycles. The summed E-state index contributed by atoms with van der Waals surface area (Å²) in [5.74, 6) is 0. The summed E-state index contributed by atoms with van der Waals surface area (Å²) in [6.45, 7) is 2.99. The highest BCUT2D eigenvalue weighted by Gasteiger charge is 2.29. The van der Waals surface area contributed by atoms with Crippen molar-refractivity contribution >= 4 is 0 Å². The number of rotatable bonds is 2. The van der Waals surface area contributed by atoms with Crippen LogP contribution in [0.15, 0.2) is 30.3 Å². The van der Waals surface area contributed by atoms with Crippen LogP contribution in [0.3, 0.4) is 0 Å². The molecule has 0 amide bonds. The van der Waals surface area contributed by atoms with Crippen molar-refractivity contribution in [2.24, 2.45) is 0 Å². The lowest BCUT2D eigenvalue weighted by molar-refractivity contribution is 0.0572. The van der Waals surface area contributed by atoms with Gasteiger partial charge in [0.2, 0.25) is 0 Å². The molecule has 2 aliphatic heterocycles. The summed E-state index contributed by atoms with van der Waals surface area (Å²) in [7, 11) is 0. The summed E-state index contributed by atoms with van der Waals surface area (Å²) in [5, 5.41) is 38.9. The summed E-state index contributed by atoms with van der Waals surface area (Å²) in [6, 6.07) is 10.1. The van der Waals surface area contributed by atoms with Crippen molar-refractivity contribution in [1.82, 2.24) is 10.2 Å². The lowest BCUT2D eigenvalue weighted by Crippen LogP contribution is -2.22. The van der Waals surface area contributed by atoms with Crippen molar-refractivity contribution in [3.63, 3.8) is 0 Å². The Morgan fingerprint density at radius 1 is 0.857 bits per heavy atom. The Hall–Kier alpha value is -1.02. The lowest BCUT2D eigenvalue weighted by atomic mass is 10.2. The van der Waals surface area contributed by atoms with Gasteiger partial charge in [0.1, 0.15) is 0 Å². The Balaban J connectivity index is 0.000000194. The normalized spacial score (nSPS) is 32.8. The molecule has 6 nitrogen and oxygen atoms in total. The van der Waals surface area contributed by atoms with Gasteiger partial charge < -0.3 is 25.7 Å². The first-order valence-corrected chi connectivity index (χ1v) is 7.25. The average Bonchev–Trinajstić information content (AvgIpc) is 2.98. The second-order valence-corrected chi connectivity index (χ2v) is 5.61. The van der Waals surface area contributed by atoms with E-state index in [2.05, 4.69) is 22.3 Å².